The zero-order valence-corrected chi connectivity index (χ0v) is 10.6. The van der Waals surface area contributed by atoms with Gasteiger partial charge in [0, 0.05) is 13.0 Å². The van der Waals surface area contributed by atoms with Gasteiger partial charge in [0.05, 0.1) is 18.4 Å². The van der Waals surface area contributed by atoms with Crippen LogP contribution in [-0.2, 0) is 9.53 Å². The van der Waals surface area contributed by atoms with Crippen LogP contribution < -0.4 is 4.90 Å². The monoisotopic (exact) mass is 235 g/mol. The van der Waals surface area contributed by atoms with Crippen molar-refractivity contribution in [2.45, 2.75) is 13.8 Å². The number of anilines is 1. The van der Waals surface area contributed by atoms with E-state index in [4.69, 9.17) is 4.74 Å². The molecule has 1 aromatic rings. The summed E-state index contributed by atoms with van der Waals surface area (Å²) in [4.78, 5) is 24.9. The third-order valence-electron chi connectivity index (χ3n) is 2.50. The molecule has 17 heavy (non-hydrogen) atoms. The first kappa shape index (κ1) is 13.2. The van der Waals surface area contributed by atoms with E-state index in [0.717, 1.165) is 0 Å². The molecule has 4 heteroatoms. The van der Waals surface area contributed by atoms with Crippen LogP contribution in [-0.4, -0.2) is 26.0 Å². The number of para-hydroxylation sites is 1. The van der Waals surface area contributed by atoms with Crippen molar-refractivity contribution in [3.63, 3.8) is 0 Å². The summed E-state index contributed by atoms with van der Waals surface area (Å²) in [5.74, 6) is -0.601. The maximum absolute atomic E-state index is 11.9. The Morgan fingerprint density at radius 2 is 1.82 bits per heavy atom. The SMILES string of the molecule is COC(=O)c1ccccc1N(C)C(=O)C(C)C. The number of esters is 1. The van der Waals surface area contributed by atoms with Gasteiger partial charge in [-0.2, -0.15) is 0 Å². The summed E-state index contributed by atoms with van der Waals surface area (Å²) in [5, 5.41) is 0. The molecule has 0 aromatic heterocycles. The molecule has 0 aliphatic carbocycles. The first-order chi connectivity index (χ1) is 7.99. The van der Waals surface area contributed by atoms with Gasteiger partial charge >= 0.3 is 5.97 Å². The fourth-order valence-corrected chi connectivity index (χ4v) is 1.55. The van der Waals surface area contributed by atoms with E-state index in [1.54, 1.807) is 31.3 Å². The van der Waals surface area contributed by atoms with Crippen LogP contribution in [0.2, 0.25) is 0 Å². The number of nitrogens with zero attached hydrogens (tertiary/aromatic N) is 1. The molecule has 0 aliphatic heterocycles. The Bertz CT molecular complexity index is 426. The number of carbonyl (C=O) groups is 2. The number of ether oxygens (including phenoxy) is 1. The van der Waals surface area contributed by atoms with Gasteiger partial charge in [-0.05, 0) is 12.1 Å². The van der Waals surface area contributed by atoms with Crippen molar-refractivity contribution < 1.29 is 14.3 Å². The lowest BCUT2D eigenvalue weighted by atomic mass is 10.1. The topological polar surface area (TPSA) is 46.6 Å². The van der Waals surface area contributed by atoms with Crippen LogP contribution in [0.25, 0.3) is 0 Å². The Morgan fingerprint density at radius 1 is 1.24 bits per heavy atom. The summed E-state index contributed by atoms with van der Waals surface area (Å²) in [7, 11) is 2.98. The number of amides is 1. The number of methoxy groups -OCH3 is 1. The molecule has 0 unspecified atom stereocenters. The Labute approximate surface area is 101 Å². The lowest BCUT2D eigenvalue weighted by molar-refractivity contribution is -0.121. The van der Waals surface area contributed by atoms with Gasteiger partial charge in [0.25, 0.3) is 0 Å². The molecular formula is C13H17NO3. The molecule has 0 saturated heterocycles. The van der Waals surface area contributed by atoms with E-state index in [9.17, 15) is 9.59 Å². The number of carbonyl (C=O) groups excluding carboxylic acids is 2. The average molecular weight is 235 g/mol. The number of rotatable bonds is 3. The maximum Gasteiger partial charge on any atom is 0.339 e. The molecular weight excluding hydrogens is 218 g/mol. The van der Waals surface area contributed by atoms with E-state index < -0.39 is 5.97 Å². The van der Waals surface area contributed by atoms with Gasteiger partial charge in [0.2, 0.25) is 5.91 Å². The van der Waals surface area contributed by atoms with Crippen molar-refractivity contribution in [2.24, 2.45) is 5.92 Å². The molecule has 0 fully saturated rings. The van der Waals surface area contributed by atoms with Crippen molar-refractivity contribution in [1.29, 1.82) is 0 Å². The highest BCUT2D eigenvalue weighted by molar-refractivity contribution is 6.02. The van der Waals surface area contributed by atoms with Crippen LogP contribution in [0.5, 0.6) is 0 Å². The van der Waals surface area contributed by atoms with Crippen molar-refractivity contribution in [3.8, 4) is 0 Å². The molecule has 0 spiro atoms. The quantitative estimate of drug-likeness (QED) is 0.754. The number of benzene rings is 1. The van der Waals surface area contributed by atoms with Crippen molar-refractivity contribution in [1.82, 2.24) is 0 Å². The molecule has 0 heterocycles. The first-order valence-corrected chi connectivity index (χ1v) is 5.44. The van der Waals surface area contributed by atoms with Gasteiger partial charge in [-0.25, -0.2) is 4.79 Å². The third kappa shape index (κ3) is 2.84. The highest BCUT2D eigenvalue weighted by atomic mass is 16.5. The number of hydrogen-bond donors (Lipinski definition) is 0. The summed E-state index contributed by atoms with van der Waals surface area (Å²) >= 11 is 0. The standard InChI is InChI=1S/C13H17NO3/c1-9(2)12(15)14(3)11-8-6-5-7-10(11)13(16)17-4/h5-9H,1-4H3. The Morgan fingerprint density at radius 3 is 2.35 bits per heavy atom. The summed E-state index contributed by atoms with van der Waals surface area (Å²) < 4.78 is 4.69. The highest BCUT2D eigenvalue weighted by Gasteiger charge is 2.20. The number of hydrogen-bond acceptors (Lipinski definition) is 3. The summed E-state index contributed by atoms with van der Waals surface area (Å²) in [6.45, 7) is 3.64. The minimum Gasteiger partial charge on any atom is -0.465 e. The molecule has 0 atom stereocenters. The van der Waals surface area contributed by atoms with Gasteiger partial charge in [-0.3, -0.25) is 4.79 Å². The van der Waals surface area contributed by atoms with Crippen LogP contribution in [0.4, 0.5) is 5.69 Å². The first-order valence-electron chi connectivity index (χ1n) is 5.44. The van der Waals surface area contributed by atoms with Crippen LogP contribution in [0, 0.1) is 5.92 Å². The van der Waals surface area contributed by atoms with E-state index in [1.807, 2.05) is 13.8 Å². The largest absolute Gasteiger partial charge is 0.465 e. The normalized spacial score (nSPS) is 10.2. The van der Waals surface area contributed by atoms with E-state index in [1.165, 1.54) is 12.0 Å². The molecule has 92 valence electrons. The van der Waals surface area contributed by atoms with Gasteiger partial charge in [-0.1, -0.05) is 26.0 Å². The minimum atomic E-state index is -0.441. The van der Waals surface area contributed by atoms with Crippen molar-refractivity contribution in [2.75, 3.05) is 19.1 Å². The van der Waals surface area contributed by atoms with Crippen molar-refractivity contribution >= 4 is 17.6 Å². The molecule has 0 N–H and O–H groups in total. The molecule has 0 radical (unpaired) electrons. The summed E-state index contributed by atoms with van der Waals surface area (Å²) in [6.07, 6.45) is 0. The lowest BCUT2D eigenvalue weighted by Crippen LogP contribution is -2.31. The smallest absolute Gasteiger partial charge is 0.339 e. The molecule has 1 rings (SSSR count). The second kappa shape index (κ2) is 5.48. The third-order valence-corrected chi connectivity index (χ3v) is 2.50. The van der Waals surface area contributed by atoms with Crippen LogP contribution in [0.1, 0.15) is 24.2 Å². The molecule has 1 aromatic carbocycles. The Balaban J connectivity index is 3.13. The second-order valence-electron chi connectivity index (χ2n) is 4.06. The van der Waals surface area contributed by atoms with E-state index in [2.05, 4.69) is 0 Å². The van der Waals surface area contributed by atoms with E-state index in [-0.39, 0.29) is 11.8 Å². The van der Waals surface area contributed by atoms with Gasteiger partial charge < -0.3 is 9.64 Å². The minimum absolute atomic E-state index is 0.0404. The fourth-order valence-electron chi connectivity index (χ4n) is 1.55. The summed E-state index contributed by atoms with van der Waals surface area (Å²) in [5.41, 5.74) is 0.963. The molecule has 4 nitrogen and oxygen atoms in total. The lowest BCUT2D eigenvalue weighted by Gasteiger charge is -2.21. The van der Waals surface area contributed by atoms with E-state index in [0.29, 0.717) is 11.3 Å². The maximum atomic E-state index is 11.9. The van der Waals surface area contributed by atoms with Gasteiger partial charge in [0.1, 0.15) is 0 Å². The van der Waals surface area contributed by atoms with Gasteiger partial charge in [-0.15, -0.1) is 0 Å². The zero-order valence-electron chi connectivity index (χ0n) is 10.6. The predicted octanol–water partition coefficient (Wildman–Crippen LogP) is 2.09. The van der Waals surface area contributed by atoms with Crippen LogP contribution >= 0.6 is 0 Å². The highest BCUT2D eigenvalue weighted by Crippen LogP contribution is 2.21. The molecule has 0 bridgehead atoms. The summed E-state index contributed by atoms with van der Waals surface area (Å²) in [6, 6.07) is 6.90. The molecule has 1 amide bonds. The predicted molar refractivity (Wildman–Crippen MR) is 66.0 cm³/mol. The average Bonchev–Trinajstić information content (AvgIpc) is 2.35. The Hall–Kier alpha value is -1.84. The van der Waals surface area contributed by atoms with E-state index >= 15 is 0 Å². The van der Waals surface area contributed by atoms with Crippen LogP contribution in [0.3, 0.4) is 0 Å². The van der Waals surface area contributed by atoms with Crippen molar-refractivity contribution in [3.05, 3.63) is 29.8 Å². The Kier molecular flexibility index (Phi) is 4.26. The zero-order chi connectivity index (χ0) is 13.0. The fraction of sp³-hybridized carbons (Fsp3) is 0.385. The molecule has 0 saturated carbocycles. The van der Waals surface area contributed by atoms with Crippen LogP contribution in [0.15, 0.2) is 24.3 Å². The second-order valence-corrected chi connectivity index (χ2v) is 4.06. The van der Waals surface area contributed by atoms with Gasteiger partial charge in [0.15, 0.2) is 0 Å². The molecule has 0 aliphatic rings.